The summed E-state index contributed by atoms with van der Waals surface area (Å²) in [5.41, 5.74) is -0.167. The summed E-state index contributed by atoms with van der Waals surface area (Å²) in [4.78, 5) is 19.9. The summed E-state index contributed by atoms with van der Waals surface area (Å²) in [6, 6.07) is 7.75. The van der Waals surface area contributed by atoms with Crippen LogP contribution in [0.3, 0.4) is 0 Å². The third kappa shape index (κ3) is 3.68. The molecule has 0 aliphatic heterocycles. The SMILES string of the molecule is O=C(O)c1nc(CSc2ccccc2Br)ncc1Cl. The lowest BCUT2D eigenvalue weighted by Gasteiger charge is -2.04. The van der Waals surface area contributed by atoms with Crippen LogP contribution in [0.5, 0.6) is 0 Å². The Labute approximate surface area is 127 Å². The lowest BCUT2D eigenvalue weighted by atomic mass is 10.4. The molecule has 0 saturated carbocycles. The molecule has 0 aliphatic rings. The van der Waals surface area contributed by atoms with Crippen LogP contribution in [-0.4, -0.2) is 21.0 Å². The zero-order valence-corrected chi connectivity index (χ0v) is 12.7. The lowest BCUT2D eigenvalue weighted by molar-refractivity contribution is 0.0690. The molecule has 0 aliphatic carbocycles. The van der Waals surface area contributed by atoms with Crippen LogP contribution in [0, 0.1) is 0 Å². The Morgan fingerprint density at radius 1 is 1.42 bits per heavy atom. The highest BCUT2D eigenvalue weighted by Crippen LogP contribution is 2.29. The van der Waals surface area contributed by atoms with E-state index in [9.17, 15) is 4.79 Å². The highest BCUT2D eigenvalue weighted by Gasteiger charge is 2.12. The Morgan fingerprint density at radius 3 is 2.84 bits per heavy atom. The van der Waals surface area contributed by atoms with E-state index >= 15 is 0 Å². The fourth-order valence-electron chi connectivity index (χ4n) is 1.33. The van der Waals surface area contributed by atoms with Gasteiger partial charge < -0.3 is 5.11 Å². The van der Waals surface area contributed by atoms with Gasteiger partial charge in [-0.3, -0.25) is 0 Å². The van der Waals surface area contributed by atoms with E-state index in [4.69, 9.17) is 16.7 Å². The minimum Gasteiger partial charge on any atom is -0.476 e. The number of rotatable bonds is 4. The average Bonchev–Trinajstić information content (AvgIpc) is 2.39. The van der Waals surface area contributed by atoms with Crippen molar-refractivity contribution in [3.63, 3.8) is 0 Å². The number of hydrogen-bond acceptors (Lipinski definition) is 4. The first kappa shape index (κ1) is 14.3. The van der Waals surface area contributed by atoms with Crippen molar-refractivity contribution in [2.24, 2.45) is 0 Å². The molecule has 0 spiro atoms. The fourth-order valence-corrected chi connectivity index (χ4v) is 2.93. The minimum absolute atomic E-state index is 0.0436. The van der Waals surface area contributed by atoms with Gasteiger partial charge in [0, 0.05) is 9.37 Å². The van der Waals surface area contributed by atoms with E-state index in [0.717, 1.165) is 9.37 Å². The van der Waals surface area contributed by atoms with Gasteiger partial charge >= 0.3 is 5.97 Å². The number of halogens is 2. The number of benzene rings is 1. The highest BCUT2D eigenvalue weighted by atomic mass is 79.9. The van der Waals surface area contributed by atoms with Crippen LogP contribution in [0.25, 0.3) is 0 Å². The van der Waals surface area contributed by atoms with Gasteiger partial charge in [-0.05, 0) is 28.1 Å². The molecule has 0 unspecified atom stereocenters. The van der Waals surface area contributed by atoms with Crippen LogP contribution in [-0.2, 0) is 5.75 Å². The molecule has 0 fully saturated rings. The molecule has 19 heavy (non-hydrogen) atoms. The molecule has 7 heteroatoms. The highest BCUT2D eigenvalue weighted by molar-refractivity contribution is 9.10. The molecule has 1 aromatic heterocycles. The summed E-state index contributed by atoms with van der Waals surface area (Å²) in [7, 11) is 0. The Bertz CT molecular complexity index is 624. The van der Waals surface area contributed by atoms with Gasteiger partial charge in [0.15, 0.2) is 5.69 Å². The van der Waals surface area contributed by atoms with E-state index < -0.39 is 5.97 Å². The number of carbonyl (C=O) groups is 1. The van der Waals surface area contributed by atoms with Crippen LogP contribution in [0.1, 0.15) is 16.3 Å². The maximum Gasteiger partial charge on any atom is 0.356 e. The number of thioether (sulfide) groups is 1. The molecular weight excluding hydrogens is 352 g/mol. The van der Waals surface area contributed by atoms with Gasteiger partial charge in [0.05, 0.1) is 17.0 Å². The molecule has 0 bridgehead atoms. The molecule has 0 saturated heterocycles. The smallest absolute Gasteiger partial charge is 0.356 e. The average molecular weight is 360 g/mol. The Balaban J connectivity index is 2.14. The van der Waals surface area contributed by atoms with Crippen molar-refractivity contribution in [1.29, 1.82) is 0 Å². The van der Waals surface area contributed by atoms with E-state index in [1.807, 2.05) is 24.3 Å². The Kier molecular flexibility index (Phi) is 4.79. The molecule has 4 nitrogen and oxygen atoms in total. The molecule has 2 rings (SSSR count). The molecule has 1 heterocycles. The summed E-state index contributed by atoms with van der Waals surface area (Å²) < 4.78 is 0.979. The van der Waals surface area contributed by atoms with Crippen molar-refractivity contribution >= 4 is 45.3 Å². The Morgan fingerprint density at radius 2 is 2.16 bits per heavy atom. The van der Waals surface area contributed by atoms with E-state index in [0.29, 0.717) is 11.6 Å². The van der Waals surface area contributed by atoms with E-state index in [1.165, 1.54) is 18.0 Å². The van der Waals surface area contributed by atoms with Crippen LogP contribution >= 0.6 is 39.3 Å². The van der Waals surface area contributed by atoms with Gasteiger partial charge in [-0.2, -0.15) is 0 Å². The predicted octanol–water partition coefficient (Wildman–Crippen LogP) is 3.88. The van der Waals surface area contributed by atoms with Crippen LogP contribution in [0.2, 0.25) is 5.02 Å². The maximum atomic E-state index is 10.9. The number of carboxylic acids is 1. The molecule has 98 valence electrons. The van der Waals surface area contributed by atoms with E-state index in [-0.39, 0.29) is 10.7 Å². The lowest BCUT2D eigenvalue weighted by Crippen LogP contribution is -2.05. The first-order chi connectivity index (χ1) is 9.08. The zero-order valence-electron chi connectivity index (χ0n) is 9.51. The molecule has 1 aromatic carbocycles. The summed E-state index contributed by atoms with van der Waals surface area (Å²) in [5, 5.41) is 8.97. The summed E-state index contributed by atoms with van der Waals surface area (Å²) >= 11 is 10.7. The minimum atomic E-state index is -1.15. The van der Waals surface area contributed by atoms with Crippen LogP contribution in [0.15, 0.2) is 39.8 Å². The standard InChI is InChI=1S/C12H8BrClN2O2S/c13-7-3-1-2-4-9(7)19-6-10-15-5-8(14)11(16-10)12(17)18/h1-5H,6H2,(H,17,18). The van der Waals surface area contributed by atoms with Gasteiger partial charge in [0.2, 0.25) is 0 Å². The number of carboxylic acid groups (broad SMARTS) is 1. The topological polar surface area (TPSA) is 63.1 Å². The van der Waals surface area contributed by atoms with Gasteiger partial charge in [-0.15, -0.1) is 11.8 Å². The second kappa shape index (κ2) is 6.36. The second-order valence-corrected chi connectivity index (χ2v) is 5.79. The third-order valence-corrected chi connectivity index (χ3v) is 4.49. The molecule has 0 atom stereocenters. The fraction of sp³-hybridized carbons (Fsp3) is 0.0833. The second-order valence-electron chi connectivity index (χ2n) is 3.51. The zero-order chi connectivity index (χ0) is 13.8. The van der Waals surface area contributed by atoms with Crippen molar-refractivity contribution in [1.82, 2.24) is 9.97 Å². The number of aromatic carboxylic acids is 1. The summed E-state index contributed by atoms with van der Waals surface area (Å²) in [6.07, 6.45) is 1.31. The predicted molar refractivity (Wildman–Crippen MR) is 77.7 cm³/mol. The number of hydrogen-bond donors (Lipinski definition) is 1. The third-order valence-electron chi connectivity index (χ3n) is 2.19. The van der Waals surface area contributed by atoms with Gasteiger partial charge in [0.25, 0.3) is 0 Å². The molecule has 2 aromatic rings. The molecule has 0 amide bonds. The quantitative estimate of drug-likeness (QED) is 0.839. The van der Waals surface area contributed by atoms with Crippen LogP contribution in [0.4, 0.5) is 0 Å². The van der Waals surface area contributed by atoms with Crippen molar-refractivity contribution in [2.45, 2.75) is 10.6 Å². The molecular formula is C12H8BrClN2O2S. The summed E-state index contributed by atoms with van der Waals surface area (Å²) in [6.45, 7) is 0. The van der Waals surface area contributed by atoms with Crippen molar-refractivity contribution in [3.05, 3.63) is 51.5 Å². The molecule has 0 radical (unpaired) electrons. The first-order valence-corrected chi connectivity index (χ1v) is 7.35. The van der Waals surface area contributed by atoms with E-state index in [1.54, 1.807) is 0 Å². The van der Waals surface area contributed by atoms with Crippen molar-refractivity contribution in [2.75, 3.05) is 0 Å². The van der Waals surface area contributed by atoms with Crippen molar-refractivity contribution in [3.8, 4) is 0 Å². The van der Waals surface area contributed by atoms with Crippen LogP contribution < -0.4 is 0 Å². The molecule has 1 N–H and O–H groups in total. The normalized spacial score (nSPS) is 10.4. The number of nitrogens with zero attached hydrogens (tertiary/aromatic N) is 2. The van der Waals surface area contributed by atoms with Crippen molar-refractivity contribution < 1.29 is 9.90 Å². The van der Waals surface area contributed by atoms with Gasteiger partial charge in [0.1, 0.15) is 5.82 Å². The first-order valence-electron chi connectivity index (χ1n) is 5.20. The largest absolute Gasteiger partial charge is 0.476 e. The maximum absolute atomic E-state index is 10.9. The van der Waals surface area contributed by atoms with Gasteiger partial charge in [-0.1, -0.05) is 23.7 Å². The Hall–Kier alpha value is -1.11. The monoisotopic (exact) mass is 358 g/mol. The number of aromatic nitrogens is 2. The van der Waals surface area contributed by atoms with Gasteiger partial charge in [-0.25, -0.2) is 14.8 Å². The van der Waals surface area contributed by atoms with E-state index in [2.05, 4.69) is 25.9 Å². The summed E-state index contributed by atoms with van der Waals surface area (Å²) in [5.74, 6) is -0.248.